The van der Waals surface area contributed by atoms with Crippen molar-refractivity contribution < 1.29 is 18.0 Å². The van der Waals surface area contributed by atoms with Gasteiger partial charge in [0.05, 0.1) is 0 Å². The highest BCUT2D eigenvalue weighted by atomic mass is 19.4. The van der Waals surface area contributed by atoms with E-state index in [1.54, 1.807) is 29.6 Å². The minimum absolute atomic E-state index is 0.189. The Morgan fingerprint density at radius 3 is 2.67 bits per heavy atom. The molecule has 1 rings (SSSR count). The number of nitrogens with zero attached hydrogens (tertiary/aromatic N) is 1. The molecule has 18 heavy (non-hydrogen) atoms. The van der Waals surface area contributed by atoms with Gasteiger partial charge in [-0.25, -0.2) is 4.79 Å². The molecule has 0 bridgehead atoms. The zero-order valence-corrected chi connectivity index (χ0v) is 9.79. The van der Waals surface area contributed by atoms with Gasteiger partial charge in [0.25, 0.3) is 0 Å². The second-order valence-corrected chi connectivity index (χ2v) is 3.87. The molecule has 1 aromatic rings. The number of urea groups is 1. The number of nitrogens with two attached hydrogens (primary N) is 1. The van der Waals surface area contributed by atoms with E-state index < -0.39 is 18.8 Å². The number of benzene rings is 1. The van der Waals surface area contributed by atoms with Crippen molar-refractivity contribution in [3.8, 4) is 0 Å². The molecule has 0 aromatic heterocycles. The van der Waals surface area contributed by atoms with Gasteiger partial charge in [0.1, 0.15) is 6.54 Å². The maximum Gasteiger partial charge on any atom is 0.405 e. The average Bonchev–Trinajstić information content (AvgIpc) is 2.24. The van der Waals surface area contributed by atoms with E-state index in [1.165, 1.54) is 7.05 Å². The summed E-state index contributed by atoms with van der Waals surface area (Å²) >= 11 is 0. The minimum Gasteiger partial charge on any atom is -0.399 e. The minimum atomic E-state index is -4.41. The van der Waals surface area contributed by atoms with Gasteiger partial charge >= 0.3 is 12.2 Å². The Labute approximate surface area is 103 Å². The van der Waals surface area contributed by atoms with Gasteiger partial charge in [0.2, 0.25) is 0 Å². The summed E-state index contributed by atoms with van der Waals surface area (Å²) in [6.07, 6.45) is -4.41. The van der Waals surface area contributed by atoms with Crippen LogP contribution in [-0.2, 0) is 6.54 Å². The summed E-state index contributed by atoms with van der Waals surface area (Å²) in [4.78, 5) is 12.5. The number of alkyl halides is 3. The maximum atomic E-state index is 11.9. The van der Waals surface area contributed by atoms with Crippen molar-refractivity contribution in [1.82, 2.24) is 10.2 Å². The largest absolute Gasteiger partial charge is 0.405 e. The van der Waals surface area contributed by atoms with Crippen molar-refractivity contribution in [3.63, 3.8) is 0 Å². The number of nitrogens with one attached hydrogen (secondary N) is 1. The zero-order valence-electron chi connectivity index (χ0n) is 9.79. The quantitative estimate of drug-likeness (QED) is 0.817. The van der Waals surface area contributed by atoms with Gasteiger partial charge in [-0.1, -0.05) is 12.1 Å². The Balaban J connectivity index is 2.50. The summed E-state index contributed by atoms with van der Waals surface area (Å²) in [6, 6.07) is 6.02. The molecule has 0 radical (unpaired) electrons. The molecule has 0 atom stereocenters. The predicted molar refractivity (Wildman–Crippen MR) is 61.8 cm³/mol. The van der Waals surface area contributed by atoms with Gasteiger partial charge in [-0.3, -0.25) is 0 Å². The summed E-state index contributed by atoms with van der Waals surface area (Å²) in [6.45, 7) is -1.15. The van der Waals surface area contributed by atoms with E-state index in [0.29, 0.717) is 5.69 Å². The van der Waals surface area contributed by atoms with Gasteiger partial charge < -0.3 is 16.0 Å². The number of nitrogen functional groups attached to an aromatic ring is 1. The lowest BCUT2D eigenvalue weighted by Crippen LogP contribution is -2.41. The molecule has 0 saturated heterocycles. The first-order valence-electron chi connectivity index (χ1n) is 5.18. The zero-order chi connectivity index (χ0) is 13.8. The van der Waals surface area contributed by atoms with Gasteiger partial charge in [-0.05, 0) is 17.7 Å². The van der Waals surface area contributed by atoms with E-state index in [-0.39, 0.29) is 6.54 Å². The van der Waals surface area contributed by atoms with Gasteiger partial charge in [-0.2, -0.15) is 13.2 Å². The van der Waals surface area contributed by atoms with Crippen LogP contribution in [0.1, 0.15) is 5.56 Å². The normalized spacial score (nSPS) is 11.1. The average molecular weight is 261 g/mol. The van der Waals surface area contributed by atoms with Crippen LogP contribution in [0.25, 0.3) is 0 Å². The van der Waals surface area contributed by atoms with Crippen molar-refractivity contribution in [1.29, 1.82) is 0 Å². The molecule has 1 aromatic carbocycles. The van der Waals surface area contributed by atoms with Gasteiger partial charge in [0.15, 0.2) is 0 Å². The number of carbonyl (C=O) groups is 1. The smallest absolute Gasteiger partial charge is 0.399 e. The number of rotatable bonds is 3. The van der Waals surface area contributed by atoms with Gasteiger partial charge in [-0.15, -0.1) is 0 Å². The van der Waals surface area contributed by atoms with Crippen LogP contribution >= 0.6 is 0 Å². The van der Waals surface area contributed by atoms with Crippen LogP contribution < -0.4 is 11.1 Å². The lowest BCUT2D eigenvalue weighted by molar-refractivity contribution is -0.123. The van der Waals surface area contributed by atoms with Crippen molar-refractivity contribution in [2.45, 2.75) is 12.7 Å². The molecule has 2 amide bonds. The Kier molecular flexibility index (Phi) is 4.41. The number of amides is 2. The van der Waals surface area contributed by atoms with Crippen LogP contribution in [0.15, 0.2) is 24.3 Å². The maximum absolute atomic E-state index is 11.9. The number of carbonyl (C=O) groups excluding carboxylic acids is 1. The van der Waals surface area contributed by atoms with Crippen LogP contribution in [0.2, 0.25) is 0 Å². The highest BCUT2D eigenvalue weighted by molar-refractivity contribution is 5.73. The highest BCUT2D eigenvalue weighted by Gasteiger charge is 2.28. The van der Waals surface area contributed by atoms with Crippen LogP contribution in [0.3, 0.4) is 0 Å². The Morgan fingerprint density at radius 2 is 2.11 bits per heavy atom. The SMILES string of the molecule is CN(Cc1cccc(N)c1)C(=O)NCC(F)(F)F. The van der Waals surface area contributed by atoms with E-state index in [9.17, 15) is 18.0 Å². The molecule has 7 heteroatoms. The second kappa shape index (κ2) is 5.61. The van der Waals surface area contributed by atoms with E-state index >= 15 is 0 Å². The molecule has 100 valence electrons. The molecule has 3 N–H and O–H groups in total. The first kappa shape index (κ1) is 14.1. The monoisotopic (exact) mass is 261 g/mol. The van der Waals surface area contributed by atoms with Crippen molar-refractivity contribution in [3.05, 3.63) is 29.8 Å². The van der Waals surface area contributed by atoms with E-state index in [1.807, 2.05) is 0 Å². The molecule has 0 aliphatic carbocycles. The van der Waals surface area contributed by atoms with Crippen molar-refractivity contribution in [2.75, 3.05) is 19.3 Å². The fourth-order valence-electron chi connectivity index (χ4n) is 1.35. The van der Waals surface area contributed by atoms with Crippen molar-refractivity contribution >= 4 is 11.7 Å². The molecule has 0 spiro atoms. The molecule has 0 saturated carbocycles. The van der Waals surface area contributed by atoms with Crippen LogP contribution in [0, 0.1) is 0 Å². The summed E-state index contributed by atoms with van der Waals surface area (Å²) in [5, 5.41) is 1.79. The van der Waals surface area contributed by atoms with E-state index in [4.69, 9.17) is 5.73 Å². The molecular formula is C11H14F3N3O. The van der Waals surface area contributed by atoms with Crippen LogP contribution in [0.5, 0.6) is 0 Å². The molecule has 0 aliphatic heterocycles. The third kappa shape index (κ3) is 4.94. The highest BCUT2D eigenvalue weighted by Crippen LogP contribution is 2.13. The predicted octanol–water partition coefficient (Wildman–Crippen LogP) is 1.97. The number of anilines is 1. The first-order valence-corrected chi connectivity index (χ1v) is 5.18. The number of hydrogen-bond donors (Lipinski definition) is 2. The fourth-order valence-corrected chi connectivity index (χ4v) is 1.35. The molecule has 0 fully saturated rings. The molecule has 0 aliphatic rings. The van der Waals surface area contributed by atoms with Crippen LogP contribution in [0.4, 0.5) is 23.7 Å². The van der Waals surface area contributed by atoms with Crippen molar-refractivity contribution in [2.24, 2.45) is 0 Å². The Morgan fingerprint density at radius 1 is 1.44 bits per heavy atom. The molecular weight excluding hydrogens is 247 g/mol. The number of halogens is 3. The third-order valence-electron chi connectivity index (χ3n) is 2.16. The molecule has 4 nitrogen and oxygen atoms in total. The molecule has 0 heterocycles. The summed E-state index contributed by atoms with van der Waals surface area (Å²) in [7, 11) is 1.41. The standard InChI is InChI=1S/C11H14F3N3O/c1-17(10(18)16-7-11(12,13)14)6-8-3-2-4-9(15)5-8/h2-5H,6-7,15H2,1H3,(H,16,18). The van der Waals surface area contributed by atoms with Crippen LogP contribution in [-0.4, -0.2) is 30.7 Å². The summed E-state index contributed by atoms with van der Waals surface area (Å²) in [5.41, 5.74) is 6.85. The Hall–Kier alpha value is -1.92. The number of hydrogen-bond acceptors (Lipinski definition) is 2. The third-order valence-corrected chi connectivity index (χ3v) is 2.16. The summed E-state index contributed by atoms with van der Waals surface area (Å²) < 4.78 is 35.7. The topological polar surface area (TPSA) is 58.4 Å². The lowest BCUT2D eigenvalue weighted by Gasteiger charge is -2.18. The van der Waals surface area contributed by atoms with E-state index in [0.717, 1.165) is 10.5 Å². The van der Waals surface area contributed by atoms with Gasteiger partial charge in [0, 0.05) is 19.3 Å². The molecule has 0 unspecified atom stereocenters. The fraction of sp³-hybridized carbons (Fsp3) is 0.364. The second-order valence-electron chi connectivity index (χ2n) is 3.87. The summed E-state index contributed by atoms with van der Waals surface area (Å²) in [5.74, 6) is 0. The van der Waals surface area contributed by atoms with E-state index in [2.05, 4.69) is 0 Å². The lowest BCUT2D eigenvalue weighted by atomic mass is 10.2. The first-order chi connectivity index (χ1) is 8.28. The Bertz CT molecular complexity index is 420.